The van der Waals surface area contributed by atoms with Gasteiger partial charge in [0.25, 0.3) is 0 Å². The standard InChI is InChI=1S/C9H12BrNS/c1-6-9(10)7-3-4-11(2)5-8(7)12-6/h3-5H2,1-2H3. The maximum Gasteiger partial charge on any atom is 0.0347 e. The Morgan fingerprint density at radius 3 is 3.00 bits per heavy atom. The zero-order valence-corrected chi connectivity index (χ0v) is 9.76. The predicted octanol–water partition coefficient (Wildman–Crippen LogP) is 2.81. The van der Waals surface area contributed by atoms with Gasteiger partial charge in [0.15, 0.2) is 0 Å². The fourth-order valence-electron chi connectivity index (χ4n) is 1.63. The Hall–Kier alpha value is 0.140. The molecule has 0 aromatic carbocycles. The molecule has 1 aromatic heterocycles. The first-order chi connectivity index (χ1) is 5.68. The van der Waals surface area contributed by atoms with Gasteiger partial charge >= 0.3 is 0 Å². The summed E-state index contributed by atoms with van der Waals surface area (Å²) < 4.78 is 1.36. The molecule has 2 rings (SSSR count). The second-order valence-electron chi connectivity index (χ2n) is 3.36. The summed E-state index contributed by atoms with van der Waals surface area (Å²) in [5, 5.41) is 0. The molecule has 0 fully saturated rings. The van der Waals surface area contributed by atoms with Crippen LogP contribution in [0.3, 0.4) is 0 Å². The molecule has 0 unspecified atom stereocenters. The molecular formula is C9H12BrNS. The first kappa shape index (κ1) is 8.73. The highest BCUT2D eigenvalue weighted by molar-refractivity contribution is 9.10. The van der Waals surface area contributed by atoms with Crippen molar-refractivity contribution in [3.05, 3.63) is 19.8 Å². The Labute approximate surface area is 85.5 Å². The summed E-state index contributed by atoms with van der Waals surface area (Å²) in [6, 6.07) is 0. The summed E-state index contributed by atoms with van der Waals surface area (Å²) >= 11 is 5.58. The number of hydrogen-bond acceptors (Lipinski definition) is 2. The van der Waals surface area contributed by atoms with Crippen molar-refractivity contribution in [2.24, 2.45) is 0 Å². The average molecular weight is 246 g/mol. The molecule has 0 amide bonds. The third kappa shape index (κ3) is 1.34. The highest BCUT2D eigenvalue weighted by Crippen LogP contribution is 2.35. The van der Waals surface area contributed by atoms with Crippen molar-refractivity contribution in [2.45, 2.75) is 19.9 Å². The molecule has 66 valence electrons. The predicted molar refractivity (Wildman–Crippen MR) is 56.8 cm³/mol. The maximum atomic E-state index is 3.65. The van der Waals surface area contributed by atoms with E-state index in [9.17, 15) is 0 Å². The third-order valence-corrected chi connectivity index (χ3v) is 4.81. The van der Waals surface area contributed by atoms with E-state index in [1.807, 2.05) is 11.3 Å². The summed E-state index contributed by atoms with van der Waals surface area (Å²) in [5.74, 6) is 0. The number of likely N-dealkylation sites (N-methyl/N-ethyl adjacent to an activating group) is 1. The zero-order chi connectivity index (χ0) is 8.72. The molecule has 1 aliphatic heterocycles. The van der Waals surface area contributed by atoms with E-state index in [1.54, 1.807) is 10.4 Å². The monoisotopic (exact) mass is 245 g/mol. The quantitative estimate of drug-likeness (QED) is 0.680. The number of rotatable bonds is 0. The second-order valence-corrected chi connectivity index (χ2v) is 5.46. The van der Waals surface area contributed by atoms with E-state index in [0.717, 1.165) is 6.54 Å². The molecular weight excluding hydrogens is 234 g/mol. The molecule has 1 aliphatic rings. The Morgan fingerprint density at radius 1 is 1.50 bits per heavy atom. The fourth-order valence-corrected chi connectivity index (χ4v) is 3.64. The topological polar surface area (TPSA) is 3.24 Å². The van der Waals surface area contributed by atoms with E-state index in [4.69, 9.17) is 0 Å². The molecule has 2 heterocycles. The van der Waals surface area contributed by atoms with Gasteiger partial charge in [-0.3, -0.25) is 0 Å². The van der Waals surface area contributed by atoms with Gasteiger partial charge in [0.2, 0.25) is 0 Å². The Balaban J connectivity index is 2.43. The van der Waals surface area contributed by atoms with Crippen LogP contribution in [0.1, 0.15) is 15.3 Å². The van der Waals surface area contributed by atoms with Gasteiger partial charge in [0.05, 0.1) is 0 Å². The molecule has 0 saturated carbocycles. The lowest BCUT2D eigenvalue weighted by Crippen LogP contribution is -2.25. The summed E-state index contributed by atoms with van der Waals surface area (Å²) in [7, 11) is 2.19. The number of halogens is 1. The highest BCUT2D eigenvalue weighted by Gasteiger charge is 2.19. The van der Waals surface area contributed by atoms with Crippen molar-refractivity contribution in [2.75, 3.05) is 13.6 Å². The van der Waals surface area contributed by atoms with Crippen LogP contribution in [0.25, 0.3) is 0 Å². The molecule has 12 heavy (non-hydrogen) atoms. The van der Waals surface area contributed by atoms with Crippen molar-refractivity contribution in [1.82, 2.24) is 4.90 Å². The van der Waals surface area contributed by atoms with Gasteiger partial charge in [-0.15, -0.1) is 11.3 Å². The van der Waals surface area contributed by atoms with Gasteiger partial charge < -0.3 is 4.90 Å². The molecule has 0 aliphatic carbocycles. The van der Waals surface area contributed by atoms with Gasteiger partial charge in [-0.25, -0.2) is 0 Å². The Morgan fingerprint density at radius 2 is 2.25 bits per heavy atom. The molecule has 0 radical (unpaired) electrons. The van der Waals surface area contributed by atoms with Crippen molar-refractivity contribution in [1.29, 1.82) is 0 Å². The first-order valence-corrected chi connectivity index (χ1v) is 5.74. The van der Waals surface area contributed by atoms with E-state index in [-0.39, 0.29) is 0 Å². The van der Waals surface area contributed by atoms with E-state index in [0.29, 0.717) is 0 Å². The van der Waals surface area contributed by atoms with Gasteiger partial charge in [0.1, 0.15) is 0 Å². The molecule has 0 bridgehead atoms. The average Bonchev–Trinajstić information content (AvgIpc) is 2.28. The van der Waals surface area contributed by atoms with Gasteiger partial charge in [-0.2, -0.15) is 0 Å². The first-order valence-electron chi connectivity index (χ1n) is 4.13. The van der Waals surface area contributed by atoms with Crippen molar-refractivity contribution < 1.29 is 0 Å². The van der Waals surface area contributed by atoms with E-state index in [2.05, 4.69) is 34.8 Å². The second kappa shape index (κ2) is 3.13. The number of thiophene rings is 1. The summed E-state index contributed by atoms with van der Waals surface area (Å²) in [5.41, 5.74) is 1.55. The third-order valence-electron chi connectivity index (χ3n) is 2.34. The minimum atomic E-state index is 1.13. The maximum absolute atomic E-state index is 3.65. The van der Waals surface area contributed by atoms with Crippen LogP contribution in [0, 0.1) is 6.92 Å². The van der Waals surface area contributed by atoms with Crippen LogP contribution in [0.4, 0.5) is 0 Å². The van der Waals surface area contributed by atoms with Crippen molar-refractivity contribution in [3.63, 3.8) is 0 Å². The SMILES string of the molecule is Cc1sc2c(c1Br)CCN(C)C2. The molecule has 0 N–H and O–H groups in total. The Bertz CT molecular complexity index is 306. The minimum Gasteiger partial charge on any atom is -0.301 e. The molecule has 0 atom stereocenters. The number of hydrogen-bond donors (Lipinski definition) is 0. The van der Waals surface area contributed by atoms with E-state index in [1.165, 1.54) is 22.3 Å². The molecule has 0 saturated heterocycles. The lowest BCUT2D eigenvalue weighted by Gasteiger charge is -2.22. The van der Waals surface area contributed by atoms with Gasteiger partial charge in [-0.1, -0.05) is 0 Å². The largest absolute Gasteiger partial charge is 0.301 e. The summed E-state index contributed by atoms with van der Waals surface area (Å²) in [4.78, 5) is 5.36. The van der Waals surface area contributed by atoms with Crippen LogP contribution in [0.15, 0.2) is 4.47 Å². The number of fused-ring (bicyclic) bond motifs is 1. The number of nitrogens with zero attached hydrogens (tertiary/aromatic N) is 1. The van der Waals surface area contributed by atoms with Gasteiger partial charge in [-0.05, 0) is 41.9 Å². The van der Waals surface area contributed by atoms with Crippen LogP contribution in [-0.2, 0) is 13.0 Å². The fraction of sp³-hybridized carbons (Fsp3) is 0.556. The highest BCUT2D eigenvalue weighted by atomic mass is 79.9. The smallest absolute Gasteiger partial charge is 0.0347 e. The lowest BCUT2D eigenvalue weighted by molar-refractivity contribution is 0.317. The van der Waals surface area contributed by atoms with Crippen LogP contribution in [0.5, 0.6) is 0 Å². The summed E-state index contributed by atoms with van der Waals surface area (Å²) in [6.07, 6.45) is 1.21. The van der Waals surface area contributed by atoms with Crippen molar-refractivity contribution >= 4 is 27.3 Å². The Kier molecular flexibility index (Phi) is 2.27. The van der Waals surface area contributed by atoms with Crippen LogP contribution >= 0.6 is 27.3 Å². The number of aryl methyl sites for hydroxylation is 1. The zero-order valence-electron chi connectivity index (χ0n) is 7.35. The molecule has 1 nitrogen and oxygen atoms in total. The van der Waals surface area contributed by atoms with E-state index < -0.39 is 0 Å². The van der Waals surface area contributed by atoms with Crippen LogP contribution in [0.2, 0.25) is 0 Å². The molecule has 0 spiro atoms. The normalized spacial score (nSPS) is 17.9. The van der Waals surface area contributed by atoms with Gasteiger partial charge in [0, 0.05) is 27.3 Å². The minimum absolute atomic E-state index is 1.13. The molecule has 3 heteroatoms. The summed E-state index contributed by atoms with van der Waals surface area (Å²) in [6.45, 7) is 4.52. The van der Waals surface area contributed by atoms with E-state index >= 15 is 0 Å². The molecule has 1 aromatic rings. The van der Waals surface area contributed by atoms with Crippen LogP contribution < -0.4 is 0 Å². The lowest BCUT2D eigenvalue weighted by atomic mass is 10.1. The van der Waals surface area contributed by atoms with Crippen molar-refractivity contribution in [3.8, 4) is 0 Å². The van der Waals surface area contributed by atoms with Crippen LogP contribution in [-0.4, -0.2) is 18.5 Å².